The van der Waals surface area contributed by atoms with Crippen molar-refractivity contribution in [2.45, 2.75) is 63.7 Å². The number of aromatic nitrogens is 2. The van der Waals surface area contributed by atoms with Crippen LogP contribution in [0.5, 0.6) is 0 Å². The summed E-state index contributed by atoms with van der Waals surface area (Å²) in [6.07, 6.45) is 10.7. The fourth-order valence-corrected chi connectivity index (χ4v) is 3.86. The van der Waals surface area contributed by atoms with E-state index in [0.717, 1.165) is 18.5 Å². The van der Waals surface area contributed by atoms with E-state index in [0.29, 0.717) is 12.1 Å². The molecular weight excluding hydrogens is 236 g/mol. The number of hydrogen-bond donors (Lipinski definition) is 2. The molecule has 0 radical (unpaired) electrons. The van der Waals surface area contributed by atoms with Gasteiger partial charge in [0.05, 0.1) is 6.54 Å². The summed E-state index contributed by atoms with van der Waals surface area (Å²) in [7, 11) is 0. The van der Waals surface area contributed by atoms with Crippen LogP contribution in [0.4, 0.5) is 0 Å². The minimum Gasteiger partial charge on any atom is -0.314 e. The molecule has 0 bridgehead atoms. The molecule has 2 fully saturated rings. The summed E-state index contributed by atoms with van der Waals surface area (Å²) in [5.74, 6) is 0.836. The van der Waals surface area contributed by atoms with Crippen molar-refractivity contribution in [1.29, 1.82) is 0 Å². The van der Waals surface area contributed by atoms with E-state index < -0.39 is 0 Å². The first-order valence-corrected chi connectivity index (χ1v) is 7.80. The molecule has 4 unspecified atom stereocenters. The number of rotatable bonds is 5. The van der Waals surface area contributed by atoms with Crippen LogP contribution in [0.3, 0.4) is 0 Å². The molecular formula is C15H26N4. The zero-order chi connectivity index (χ0) is 13.1. The highest BCUT2D eigenvalue weighted by Gasteiger charge is 2.35. The fourth-order valence-electron chi connectivity index (χ4n) is 3.86. The molecule has 2 aliphatic rings. The quantitative estimate of drug-likeness (QED) is 0.850. The van der Waals surface area contributed by atoms with Crippen molar-refractivity contribution in [3.8, 4) is 0 Å². The Kier molecular flexibility index (Phi) is 4.18. The van der Waals surface area contributed by atoms with Crippen LogP contribution in [0.15, 0.2) is 18.5 Å². The predicted octanol–water partition coefficient (Wildman–Crippen LogP) is 1.78. The molecule has 1 aliphatic heterocycles. The van der Waals surface area contributed by atoms with Gasteiger partial charge in [0, 0.05) is 30.5 Å². The number of hydrogen-bond acceptors (Lipinski definition) is 3. The van der Waals surface area contributed by atoms with Gasteiger partial charge in [-0.25, -0.2) is 0 Å². The fraction of sp³-hybridized carbons (Fsp3) is 0.800. The van der Waals surface area contributed by atoms with Crippen LogP contribution in [0, 0.1) is 5.92 Å². The zero-order valence-corrected chi connectivity index (χ0v) is 11.9. The van der Waals surface area contributed by atoms with Crippen molar-refractivity contribution < 1.29 is 0 Å². The molecule has 0 spiro atoms. The van der Waals surface area contributed by atoms with Crippen LogP contribution < -0.4 is 10.6 Å². The molecule has 1 aliphatic carbocycles. The van der Waals surface area contributed by atoms with Crippen molar-refractivity contribution in [1.82, 2.24) is 20.4 Å². The van der Waals surface area contributed by atoms with E-state index in [1.165, 1.54) is 38.6 Å². The lowest BCUT2D eigenvalue weighted by atomic mass is 9.92. The summed E-state index contributed by atoms with van der Waals surface area (Å²) < 4.78 is 2.02. The van der Waals surface area contributed by atoms with Crippen molar-refractivity contribution in [3.05, 3.63) is 18.5 Å². The maximum absolute atomic E-state index is 4.29. The highest BCUT2D eigenvalue weighted by molar-refractivity contribution is 4.94. The molecule has 0 amide bonds. The smallest absolute Gasteiger partial charge is 0.0560 e. The molecule has 2 heterocycles. The maximum atomic E-state index is 4.29. The molecule has 3 rings (SSSR count). The molecule has 1 aromatic heterocycles. The van der Waals surface area contributed by atoms with E-state index in [1.54, 1.807) is 0 Å². The predicted molar refractivity (Wildman–Crippen MR) is 77.0 cm³/mol. The maximum Gasteiger partial charge on any atom is 0.0560 e. The van der Waals surface area contributed by atoms with Gasteiger partial charge in [0.15, 0.2) is 0 Å². The Morgan fingerprint density at radius 1 is 1.37 bits per heavy atom. The average molecular weight is 262 g/mol. The van der Waals surface area contributed by atoms with Crippen molar-refractivity contribution in [3.63, 3.8) is 0 Å². The number of nitrogens with one attached hydrogen (secondary N) is 2. The summed E-state index contributed by atoms with van der Waals surface area (Å²) in [6, 6.07) is 3.94. The van der Waals surface area contributed by atoms with E-state index in [-0.39, 0.29) is 0 Å². The largest absolute Gasteiger partial charge is 0.314 e. The average Bonchev–Trinajstić information content (AvgIpc) is 3.09. The van der Waals surface area contributed by atoms with Crippen LogP contribution in [0.1, 0.15) is 39.0 Å². The summed E-state index contributed by atoms with van der Waals surface area (Å²) in [6.45, 7) is 4.46. The first-order valence-electron chi connectivity index (χ1n) is 7.80. The summed E-state index contributed by atoms with van der Waals surface area (Å²) in [5, 5.41) is 11.8. The zero-order valence-electron chi connectivity index (χ0n) is 11.9. The lowest BCUT2D eigenvalue weighted by molar-refractivity contribution is 0.290. The third-order valence-electron chi connectivity index (χ3n) is 4.70. The van der Waals surface area contributed by atoms with Gasteiger partial charge in [-0.15, -0.1) is 0 Å². The third-order valence-corrected chi connectivity index (χ3v) is 4.70. The lowest BCUT2D eigenvalue weighted by Crippen LogP contribution is -2.46. The normalized spacial score (nSPS) is 32.8. The molecule has 4 atom stereocenters. The van der Waals surface area contributed by atoms with Gasteiger partial charge in [-0.05, 0) is 51.1 Å². The van der Waals surface area contributed by atoms with Crippen LogP contribution in [-0.4, -0.2) is 34.5 Å². The van der Waals surface area contributed by atoms with Crippen LogP contribution >= 0.6 is 0 Å². The van der Waals surface area contributed by atoms with Gasteiger partial charge in [0.2, 0.25) is 0 Å². The topological polar surface area (TPSA) is 41.9 Å². The van der Waals surface area contributed by atoms with Crippen molar-refractivity contribution in [2.24, 2.45) is 5.92 Å². The standard InChI is InChI=1S/C15H26N4/c1-12(11-19-10-4-9-17-19)18-15-6-2-5-13(15)14-7-3-8-16-14/h4,9-10,12-16,18H,2-3,5-8,11H2,1H3. The van der Waals surface area contributed by atoms with Crippen LogP contribution in [-0.2, 0) is 6.54 Å². The molecule has 1 saturated carbocycles. The van der Waals surface area contributed by atoms with E-state index >= 15 is 0 Å². The van der Waals surface area contributed by atoms with Crippen LogP contribution in [0.2, 0.25) is 0 Å². The minimum absolute atomic E-state index is 0.493. The molecule has 19 heavy (non-hydrogen) atoms. The molecule has 4 nitrogen and oxygen atoms in total. The Hall–Kier alpha value is -0.870. The Bertz CT molecular complexity index is 370. The van der Waals surface area contributed by atoms with Crippen molar-refractivity contribution >= 4 is 0 Å². The second kappa shape index (κ2) is 6.06. The van der Waals surface area contributed by atoms with E-state index in [9.17, 15) is 0 Å². The minimum atomic E-state index is 0.493. The SMILES string of the molecule is CC(Cn1cccn1)NC1CCCC1C1CCCN1. The van der Waals surface area contributed by atoms with Gasteiger partial charge >= 0.3 is 0 Å². The summed E-state index contributed by atoms with van der Waals surface area (Å²) >= 11 is 0. The van der Waals surface area contributed by atoms with Gasteiger partial charge in [0.25, 0.3) is 0 Å². The summed E-state index contributed by atoms with van der Waals surface area (Å²) in [5.41, 5.74) is 0. The van der Waals surface area contributed by atoms with E-state index in [1.807, 2.05) is 23.1 Å². The van der Waals surface area contributed by atoms with Gasteiger partial charge in [0.1, 0.15) is 0 Å². The third kappa shape index (κ3) is 3.18. The molecule has 2 N–H and O–H groups in total. The Morgan fingerprint density at radius 3 is 3.05 bits per heavy atom. The second-order valence-electron chi connectivity index (χ2n) is 6.20. The van der Waals surface area contributed by atoms with Crippen molar-refractivity contribution in [2.75, 3.05) is 6.54 Å². The Morgan fingerprint density at radius 2 is 2.32 bits per heavy atom. The monoisotopic (exact) mass is 262 g/mol. The molecule has 1 aromatic rings. The molecule has 106 valence electrons. The molecule has 1 saturated heterocycles. The highest BCUT2D eigenvalue weighted by Crippen LogP contribution is 2.32. The first-order chi connectivity index (χ1) is 9.33. The first kappa shape index (κ1) is 13.1. The van der Waals surface area contributed by atoms with Gasteiger partial charge in [-0.3, -0.25) is 4.68 Å². The Balaban J connectivity index is 1.52. The number of nitrogens with zero attached hydrogens (tertiary/aromatic N) is 2. The Labute approximate surface area is 116 Å². The van der Waals surface area contributed by atoms with Gasteiger partial charge in [-0.1, -0.05) is 6.42 Å². The second-order valence-corrected chi connectivity index (χ2v) is 6.20. The van der Waals surface area contributed by atoms with Gasteiger partial charge < -0.3 is 10.6 Å². The van der Waals surface area contributed by atoms with Gasteiger partial charge in [-0.2, -0.15) is 5.10 Å². The van der Waals surface area contributed by atoms with E-state index in [4.69, 9.17) is 0 Å². The van der Waals surface area contributed by atoms with Crippen LogP contribution in [0.25, 0.3) is 0 Å². The molecule has 0 aromatic carbocycles. The lowest BCUT2D eigenvalue weighted by Gasteiger charge is -2.29. The van der Waals surface area contributed by atoms with E-state index in [2.05, 4.69) is 22.7 Å². The summed E-state index contributed by atoms with van der Waals surface area (Å²) in [4.78, 5) is 0. The molecule has 4 heteroatoms. The highest BCUT2D eigenvalue weighted by atomic mass is 15.3.